The molecular formula is C13H21NO. The summed E-state index contributed by atoms with van der Waals surface area (Å²) in [4.78, 5) is 0. The van der Waals surface area contributed by atoms with Crippen molar-refractivity contribution >= 4 is 0 Å². The summed E-state index contributed by atoms with van der Waals surface area (Å²) >= 11 is 0. The standard InChI is InChI=1S/C13H21NO/c1-3-4-10-12(15-2)13(14)11-8-6-5-7-9-11/h5-9,12-13H,3-4,10,14H2,1-2H3. The van der Waals surface area contributed by atoms with Crippen LogP contribution in [0.3, 0.4) is 0 Å². The van der Waals surface area contributed by atoms with E-state index in [1.165, 1.54) is 12.8 Å². The lowest BCUT2D eigenvalue weighted by Gasteiger charge is -2.22. The van der Waals surface area contributed by atoms with Gasteiger partial charge < -0.3 is 10.5 Å². The number of benzene rings is 1. The molecule has 0 saturated carbocycles. The first-order valence-electron chi connectivity index (χ1n) is 5.63. The Morgan fingerprint density at radius 2 is 1.93 bits per heavy atom. The molecule has 0 aromatic heterocycles. The van der Waals surface area contributed by atoms with Crippen molar-refractivity contribution < 1.29 is 4.74 Å². The van der Waals surface area contributed by atoms with Crippen molar-refractivity contribution in [2.45, 2.75) is 38.3 Å². The second-order valence-electron chi connectivity index (χ2n) is 3.85. The van der Waals surface area contributed by atoms with Crippen LogP contribution in [0.2, 0.25) is 0 Å². The molecular weight excluding hydrogens is 186 g/mol. The van der Waals surface area contributed by atoms with Crippen molar-refractivity contribution in [3.63, 3.8) is 0 Å². The maximum atomic E-state index is 6.17. The van der Waals surface area contributed by atoms with Crippen LogP contribution in [-0.2, 0) is 4.74 Å². The van der Waals surface area contributed by atoms with Crippen LogP contribution in [0.25, 0.3) is 0 Å². The topological polar surface area (TPSA) is 35.2 Å². The van der Waals surface area contributed by atoms with Gasteiger partial charge >= 0.3 is 0 Å². The number of hydrogen-bond donors (Lipinski definition) is 1. The Morgan fingerprint density at radius 3 is 2.47 bits per heavy atom. The number of ether oxygens (including phenoxy) is 1. The Morgan fingerprint density at radius 1 is 1.27 bits per heavy atom. The number of methoxy groups -OCH3 is 1. The van der Waals surface area contributed by atoms with Gasteiger partial charge in [0, 0.05) is 7.11 Å². The van der Waals surface area contributed by atoms with Crippen molar-refractivity contribution in [2.24, 2.45) is 5.73 Å². The van der Waals surface area contributed by atoms with E-state index in [9.17, 15) is 0 Å². The Kier molecular flexibility index (Phi) is 5.37. The van der Waals surface area contributed by atoms with Gasteiger partial charge in [-0.15, -0.1) is 0 Å². The van der Waals surface area contributed by atoms with Gasteiger partial charge in [0.25, 0.3) is 0 Å². The van der Waals surface area contributed by atoms with Gasteiger partial charge in [-0.25, -0.2) is 0 Å². The van der Waals surface area contributed by atoms with Gasteiger partial charge in [0.05, 0.1) is 12.1 Å². The molecule has 1 aromatic carbocycles. The van der Waals surface area contributed by atoms with Gasteiger partial charge in [-0.05, 0) is 12.0 Å². The van der Waals surface area contributed by atoms with Gasteiger partial charge in [-0.2, -0.15) is 0 Å². The normalized spacial score (nSPS) is 14.9. The van der Waals surface area contributed by atoms with Gasteiger partial charge in [0.2, 0.25) is 0 Å². The molecule has 0 aliphatic heterocycles. The van der Waals surface area contributed by atoms with Crippen molar-refractivity contribution in [3.05, 3.63) is 35.9 Å². The summed E-state index contributed by atoms with van der Waals surface area (Å²) in [5.41, 5.74) is 7.32. The zero-order chi connectivity index (χ0) is 11.1. The van der Waals surface area contributed by atoms with Crippen LogP contribution in [-0.4, -0.2) is 13.2 Å². The molecule has 0 fully saturated rings. The number of hydrogen-bond acceptors (Lipinski definition) is 2. The molecule has 0 radical (unpaired) electrons. The molecule has 2 N–H and O–H groups in total. The van der Waals surface area contributed by atoms with E-state index in [0.717, 1.165) is 12.0 Å². The summed E-state index contributed by atoms with van der Waals surface area (Å²) in [5.74, 6) is 0. The van der Waals surface area contributed by atoms with Gasteiger partial charge in [0.15, 0.2) is 0 Å². The van der Waals surface area contributed by atoms with E-state index < -0.39 is 0 Å². The first-order valence-corrected chi connectivity index (χ1v) is 5.63. The maximum absolute atomic E-state index is 6.17. The van der Waals surface area contributed by atoms with E-state index >= 15 is 0 Å². The van der Waals surface area contributed by atoms with Gasteiger partial charge in [0.1, 0.15) is 0 Å². The van der Waals surface area contributed by atoms with Crippen LogP contribution >= 0.6 is 0 Å². The highest BCUT2D eigenvalue weighted by molar-refractivity contribution is 5.19. The fourth-order valence-corrected chi connectivity index (χ4v) is 1.74. The van der Waals surface area contributed by atoms with Crippen molar-refractivity contribution in [2.75, 3.05) is 7.11 Å². The van der Waals surface area contributed by atoms with Crippen LogP contribution in [0.5, 0.6) is 0 Å². The molecule has 1 aromatic rings. The number of nitrogens with two attached hydrogens (primary N) is 1. The molecule has 0 spiro atoms. The van der Waals surface area contributed by atoms with Crippen molar-refractivity contribution in [1.29, 1.82) is 0 Å². The summed E-state index contributed by atoms with van der Waals surface area (Å²) in [6, 6.07) is 10.1. The molecule has 0 heterocycles. The van der Waals surface area contributed by atoms with E-state index in [4.69, 9.17) is 10.5 Å². The summed E-state index contributed by atoms with van der Waals surface area (Å²) < 4.78 is 5.44. The van der Waals surface area contributed by atoms with Crippen LogP contribution in [0, 0.1) is 0 Å². The first-order chi connectivity index (χ1) is 7.29. The van der Waals surface area contributed by atoms with Crippen LogP contribution in [0.4, 0.5) is 0 Å². The number of rotatable bonds is 6. The lowest BCUT2D eigenvalue weighted by atomic mass is 9.98. The molecule has 0 amide bonds. The molecule has 0 saturated heterocycles. The van der Waals surface area contributed by atoms with Crippen LogP contribution in [0.15, 0.2) is 30.3 Å². The highest BCUT2D eigenvalue weighted by Gasteiger charge is 2.17. The molecule has 2 nitrogen and oxygen atoms in total. The minimum absolute atomic E-state index is 0.0113. The lowest BCUT2D eigenvalue weighted by molar-refractivity contribution is 0.0712. The summed E-state index contributed by atoms with van der Waals surface area (Å²) in [7, 11) is 1.74. The minimum Gasteiger partial charge on any atom is -0.379 e. The average molecular weight is 207 g/mol. The zero-order valence-electron chi connectivity index (χ0n) is 9.65. The Bertz CT molecular complexity index is 260. The molecule has 0 bridgehead atoms. The molecule has 2 unspecified atom stereocenters. The predicted octanol–water partition coefficient (Wildman–Crippen LogP) is 2.89. The quantitative estimate of drug-likeness (QED) is 0.778. The number of unbranched alkanes of at least 4 members (excludes halogenated alkanes) is 1. The Hall–Kier alpha value is -0.860. The van der Waals surface area contributed by atoms with Crippen LogP contribution < -0.4 is 5.73 Å². The third-order valence-corrected chi connectivity index (χ3v) is 2.73. The minimum atomic E-state index is -0.0113. The second-order valence-corrected chi connectivity index (χ2v) is 3.85. The van der Waals surface area contributed by atoms with E-state index in [-0.39, 0.29) is 12.1 Å². The van der Waals surface area contributed by atoms with Crippen LogP contribution in [0.1, 0.15) is 37.8 Å². The van der Waals surface area contributed by atoms with Gasteiger partial charge in [-0.1, -0.05) is 50.1 Å². The average Bonchev–Trinajstić information content (AvgIpc) is 2.31. The van der Waals surface area contributed by atoms with Crippen molar-refractivity contribution in [1.82, 2.24) is 0 Å². The lowest BCUT2D eigenvalue weighted by Crippen LogP contribution is -2.28. The molecule has 2 heteroatoms. The van der Waals surface area contributed by atoms with Crippen molar-refractivity contribution in [3.8, 4) is 0 Å². The van der Waals surface area contributed by atoms with E-state index in [1.54, 1.807) is 7.11 Å². The zero-order valence-corrected chi connectivity index (χ0v) is 9.65. The van der Waals surface area contributed by atoms with E-state index in [2.05, 4.69) is 19.1 Å². The molecule has 0 aliphatic carbocycles. The highest BCUT2D eigenvalue weighted by Crippen LogP contribution is 2.20. The smallest absolute Gasteiger partial charge is 0.0763 e. The molecule has 15 heavy (non-hydrogen) atoms. The molecule has 2 atom stereocenters. The van der Waals surface area contributed by atoms with E-state index in [0.29, 0.717) is 0 Å². The second kappa shape index (κ2) is 6.59. The SMILES string of the molecule is CCCCC(OC)C(N)c1ccccc1. The molecule has 84 valence electrons. The fraction of sp³-hybridized carbons (Fsp3) is 0.538. The largest absolute Gasteiger partial charge is 0.379 e. The summed E-state index contributed by atoms with van der Waals surface area (Å²) in [6.45, 7) is 2.18. The molecule has 1 rings (SSSR count). The maximum Gasteiger partial charge on any atom is 0.0763 e. The third kappa shape index (κ3) is 3.65. The third-order valence-electron chi connectivity index (χ3n) is 2.73. The monoisotopic (exact) mass is 207 g/mol. The highest BCUT2D eigenvalue weighted by atomic mass is 16.5. The summed E-state index contributed by atoms with van der Waals surface area (Å²) in [5, 5.41) is 0. The summed E-state index contributed by atoms with van der Waals surface area (Å²) in [6.07, 6.45) is 3.51. The van der Waals surface area contributed by atoms with E-state index in [1.807, 2.05) is 18.2 Å². The fourth-order valence-electron chi connectivity index (χ4n) is 1.74. The Balaban J connectivity index is 2.60. The predicted molar refractivity (Wildman–Crippen MR) is 63.7 cm³/mol. The Labute approximate surface area is 92.4 Å². The first kappa shape index (κ1) is 12.2. The molecule has 0 aliphatic rings. The van der Waals surface area contributed by atoms with Gasteiger partial charge in [-0.3, -0.25) is 0 Å².